The molecule has 1 atom stereocenters. The Morgan fingerprint density at radius 3 is 2.27 bits per heavy atom. The van der Waals surface area contributed by atoms with Crippen LogP contribution in [0, 0.1) is 11.7 Å². The summed E-state index contributed by atoms with van der Waals surface area (Å²) in [6, 6.07) is 8.84. The van der Waals surface area contributed by atoms with E-state index in [0.29, 0.717) is 0 Å². The zero-order valence-electron chi connectivity index (χ0n) is 16.8. The first-order valence-corrected chi connectivity index (χ1v) is 9.44. The van der Waals surface area contributed by atoms with Gasteiger partial charge in [0.25, 0.3) is 17.7 Å². The minimum Gasteiger partial charge on any atom is -0.452 e. The summed E-state index contributed by atoms with van der Waals surface area (Å²) in [6.07, 6.45) is 0. The molecule has 30 heavy (non-hydrogen) atoms. The number of rotatable bonds is 6. The van der Waals surface area contributed by atoms with Crippen molar-refractivity contribution < 1.29 is 28.3 Å². The molecular weight excluding hydrogens is 391 g/mol. The maximum Gasteiger partial charge on any atom is 0.338 e. The van der Waals surface area contributed by atoms with Crippen molar-refractivity contribution >= 4 is 29.4 Å². The molecule has 8 heteroatoms. The van der Waals surface area contributed by atoms with Gasteiger partial charge in [-0.1, -0.05) is 13.8 Å². The maximum absolute atomic E-state index is 13.1. The first-order chi connectivity index (χ1) is 14.2. The Hall–Kier alpha value is -3.55. The first kappa shape index (κ1) is 21.2. The van der Waals surface area contributed by atoms with Gasteiger partial charge in [-0.2, -0.15) is 0 Å². The standard InChI is InChI=1S/C22H21FN2O5/c1-12(2)13(3)24-19(26)11-30-22(29)14-4-9-17-18(10-14)21(28)25(20(17)27)16-7-5-15(23)6-8-16/h4-10,12-13H,11H2,1-3H3,(H,24,26)/t13-/m0/s1. The third-order valence-electron chi connectivity index (χ3n) is 4.93. The number of carbonyl (C=O) groups is 4. The summed E-state index contributed by atoms with van der Waals surface area (Å²) in [7, 11) is 0. The van der Waals surface area contributed by atoms with Crippen LogP contribution in [-0.2, 0) is 9.53 Å². The highest BCUT2D eigenvalue weighted by atomic mass is 19.1. The number of anilines is 1. The zero-order valence-corrected chi connectivity index (χ0v) is 16.8. The predicted octanol–water partition coefficient (Wildman–Crippen LogP) is 2.94. The lowest BCUT2D eigenvalue weighted by atomic mass is 10.1. The molecule has 0 unspecified atom stereocenters. The van der Waals surface area contributed by atoms with Crippen molar-refractivity contribution in [3.63, 3.8) is 0 Å². The smallest absolute Gasteiger partial charge is 0.338 e. The second kappa shape index (κ2) is 8.44. The van der Waals surface area contributed by atoms with E-state index in [-0.39, 0.29) is 34.3 Å². The number of fused-ring (bicyclic) bond motifs is 1. The van der Waals surface area contributed by atoms with Crippen LogP contribution in [0.5, 0.6) is 0 Å². The largest absolute Gasteiger partial charge is 0.452 e. The Morgan fingerprint density at radius 1 is 1.00 bits per heavy atom. The van der Waals surface area contributed by atoms with Crippen LogP contribution in [0.15, 0.2) is 42.5 Å². The van der Waals surface area contributed by atoms with Gasteiger partial charge in [0.2, 0.25) is 0 Å². The van der Waals surface area contributed by atoms with Gasteiger partial charge in [-0.15, -0.1) is 0 Å². The van der Waals surface area contributed by atoms with Crippen molar-refractivity contribution in [1.29, 1.82) is 0 Å². The van der Waals surface area contributed by atoms with Gasteiger partial charge in [0.05, 0.1) is 22.4 Å². The van der Waals surface area contributed by atoms with Gasteiger partial charge in [-0.25, -0.2) is 14.1 Å². The highest BCUT2D eigenvalue weighted by Crippen LogP contribution is 2.29. The molecule has 3 amide bonds. The normalized spacial score (nSPS) is 14.0. The average molecular weight is 412 g/mol. The molecule has 7 nitrogen and oxygen atoms in total. The SMILES string of the molecule is CC(C)[C@H](C)NC(=O)COC(=O)c1ccc2c(c1)C(=O)N(c1ccc(F)cc1)C2=O. The highest BCUT2D eigenvalue weighted by molar-refractivity contribution is 6.34. The van der Waals surface area contributed by atoms with Gasteiger partial charge < -0.3 is 10.1 Å². The Bertz CT molecular complexity index is 1020. The molecule has 156 valence electrons. The molecule has 1 N–H and O–H groups in total. The van der Waals surface area contributed by atoms with Gasteiger partial charge >= 0.3 is 5.97 Å². The van der Waals surface area contributed by atoms with Crippen molar-refractivity contribution in [2.24, 2.45) is 5.92 Å². The summed E-state index contributed by atoms with van der Waals surface area (Å²) >= 11 is 0. The molecule has 3 rings (SSSR count). The lowest BCUT2D eigenvalue weighted by Gasteiger charge is -2.17. The fraction of sp³-hybridized carbons (Fsp3) is 0.273. The first-order valence-electron chi connectivity index (χ1n) is 9.44. The van der Waals surface area contributed by atoms with Crippen LogP contribution in [0.25, 0.3) is 0 Å². The number of benzene rings is 2. The van der Waals surface area contributed by atoms with E-state index in [4.69, 9.17) is 4.74 Å². The second-order valence-electron chi connectivity index (χ2n) is 7.36. The number of hydrogen-bond donors (Lipinski definition) is 1. The Labute approximate surface area is 172 Å². The van der Waals surface area contributed by atoms with Crippen molar-refractivity contribution in [2.75, 3.05) is 11.5 Å². The van der Waals surface area contributed by atoms with E-state index in [1.807, 2.05) is 20.8 Å². The molecule has 0 spiro atoms. The fourth-order valence-corrected chi connectivity index (χ4v) is 2.87. The number of halogens is 1. The lowest BCUT2D eigenvalue weighted by molar-refractivity contribution is -0.125. The molecule has 1 heterocycles. The van der Waals surface area contributed by atoms with Crippen LogP contribution < -0.4 is 10.2 Å². The summed E-state index contributed by atoms with van der Waals surface area (Å²) in [5.74, 6) is -2.67. The molecular formula is C22H21FN2O5. The molecule has 0 saturated carbocycles. The van der Waals surface area contributed by atoms with E-state index in [1.54, 1.807) is 0 Å². The fourth-order valence-electron chi connectivity index (χ4n) is 2.87. The number of carbonyl (C=O) groups excluding carboxylic acids is 4. The molecule has 1 aliphatic heterocycles. The van der Waals surface area contributed by atoms with Crippen molar-refractivity contribution in [1.82, 2.24) is 5.32 Å². The van der Waals surface area contributed by atoms with Crippen LogP contribution in [-0.4, -0.2) is 36.3 Å². The molecule has 0 radical (unpaired) electrons. The summed E-state index contributed by atoms with van der Waals surface area (Å²) in [6.45, 7) is 5.30. The minimum atomic E-state index is -0.786. The number of esters is 1. The van der Waals surface area contributed by atoms with Gasteiger partial charge in [0.15, 0.2) is 6.61 Å². The van der Waals surface area contributed by atoms with Crippen LogP contribution >= 0.6 is 0 Å². The molecule has 0 aromatic heterocycles. The van der Waals surface area contributed by atoms with E-state index in [0.717, 1.165) is 17.0 Å². The molecule has 0 aliphatic carbocycles. The number of nitrogens with one attached hydrogen (secondary N) is 1. The topological polar surface area (TPSA) is 92.8 Å². The number of imide groups is 1. The van der Waals surface area contributed by atoms with Crippen molar-refractivity contribution in [3.8, 4) is 0 Å². The number of hydrogen-bond acceptors (Lipinski definition) is 5. The van der Waals surface area contributed by atoms with E-state index in [1.165, 1.54) is 30.3 Å². The molecule has 1 aliphatic rings. The third kappa shape index (κ3) is 4.22. The van der Waals surface area contributed by atoms with Gasteiger partial charge in [-0.3, -0.25) is 14.4 Å². The Balaban J connectivity index is 1.72. The Kier molecular flexibility index (Phi) is 5.96. The van der Waals surface area contributed by atoms with Crippen LogP contribution in [0.4, 0.5) is 10.1 Å². The summed E-state index contributed by atoms with van der Waals surface area (Å²) in [5.41, 5.74) is 0.435. The third-order valence-corrected chi connectivity index (χ3v) is 4.93. The van der Waals surface area contributed by atoms with E-state index >= 15 is 0 Å². The van der Waals surface area contributed by atoms with E-state index < -0.39 is 36.1 Å². The lowest BCUT2D eigenvalue weighted by Crippen LogP contribution is -2.38. The van der Waals surface area contributed by atoms with Crippen LogP contribution in [0.1, 0.15) is 51.8 Å². The second-order valence-corrected chi connectivity index (χ2v) is 7.36. The molecule has 0 saturated heterocycles. The van der Waals surface area contributed by atoms with E-state index in [9.17, 15) is 23.6 Å². The average Bonchev–Trinajstić information content (AvgIpc) is 2.96. The van der Waals surface area contributed by atoms with Crippen molar-refractivity contribution in [2.45, 2.75) is 26.8 Å². The quantitative estimate of drug-likeness (QED) is 0.582. The number of amides is 3. The molecule has 2 aromatic carbocycles. The van der Waals surface area contributed by atoms with Crippen molar-refractivity contribution in [3.05, 3.63) is 65.0 Å². The number of ether oxygens (including phenoxy) is 1. The Morgan fingerprint density at radius 2 is 1.63 bits per heavy atom. The molecule has 2 aromatic rings. The zero-order chi connectivity index (χ0) is 22.0. The van der Waals surface area contributed by atoms with Crippen LogP contribution in [0.2, 0.25) is 0 Å². The summed E-state index contributed by atoms with van der Waals surface area (Å²) < 4.78 is 18.2. The predicted molar refractivity (Wildman–Crippen MR) is 107 cm³/mol. The maximum atomic E-state index is 13.1. The number of nitrogens with zero attached hydrogens (tertiary/aromatic N) is 1. The van der Waals surface area contributed by atoms with E-state index in [2.05, 4.69) is 5.32 Å². The minimum absolute atomic E-state index is 0.0386. The van der Waals surface area contributed by atoms with Gasteiger partial charge in [0.1, 0.15) is 5.82 Å². The molecule has 0 bridgehead atoms. The van der Waals surface area contributed by atoms with Gasteiger partial charge in [0, 0.05) is 6.04 Å². The van der Waals surface area contributed by atoms with Gasteiger partial charge in [-0.05, 0) is 55.3 Å². The molecule has 0 fully saturated rings. The highest BCUT2D eigenvalue weighted by Gasteiger charge is 2.37. The van der Waals surface area contributed by atoms with Crippen LogP contribution in [0.3, 0.4) is 0 Å². The summed E-state index contributed by atoms with van der Waals surface area (Å²) in [4.78, 5) is 50.4. The summed E-state index contributed by atoms with van der Waals surface area (Å²) in [5, 5.41) is 2.72. The monoisotopic (exact) mass is 412 g/mol.